The summed E-state index contributed by atoms with van der Waals surface area (Å²) in [6.07, 6.45) is 5.21. The number of thiocarbonyl (C=S) groups is 1. The summed E-state index contributed by atoms with van der Waals surface area (Å²) >= 11 is 5.44. The van der Waals surface area contributed by atoms with E-state index < -0.39 is 9.84 Å². The molecule has 4 aliphatic rings. The molecule has 0 amide bonds. The molecule has 2 aliphatic heterocycles. The molecular weight excluding hydrogens is 268 g/mol. The van der Waals surface area contributed by atoms with E-state index in [0.29, 0.717) is 11.8 Å². The van der Waals surface area contributed by atoms with Crippen molar-refractivity contribution < 1.29 is 8.42 Å². The third-order valence-corrected chi connectivity index (χ3v) is 7.33. The van der Waals surface area contributed by atoms with E-state index in [9.17, 15) is 8.42 Å². The molecule has 0 aromatic heterocycles. The average molecular weight is 286 g/mol. The highest BCUT2D eigenvalue weighted by Gasteiger charge is 2.53. The van der Waals surface area contributed by atoms with Crippen LogP contribution in [0.2, 0.25) is 0 Å². The fraction of sp³-hybridized carbons (Fsp3) is 0.917. The Morgan fingerprint density at radius 3 is 2.67 bits per heavy atom. The van der Waals surface area contributed by atoms with Crippen LogP contribution in [0.3, 0.4) is 0 Å². The zero-order valence-corrected chi connectivity index (χ0v) is 11.8. The second kappa shape index (κ2) is 3.60. The highest BCUT2D eigenvalue weighted by Crippen LogP contribution is 2.48. The summed E-state index contributed by atoms with van der Waals surface area (Å²) < 4.78 is 23.5. The Bertz CT molecular complexity index is 504. The number of sulfone groups is 1. The van der Waals surface area contributed by atoms with Gasteiger partial charge in [0.1, 0.15) is 0 Å². The molecule has 2 bridgehead atoms. The number of nitrogens with one attached hydrogen (secondary N) is 1. The van der Waals surface area contributed by atoms with Crippen molar-refractivity contribution in [1.82, 2.24) is 10.2 Å². The maximum atomic E-state index is 11.8. The van der Waals surface area contributed by atoms with Gasteiger partial charge in [0.2, 0.25) is 0 Å². The van der Waals surface area contributed by atoms with Gasteiger partial charge in [0.15, 0.2) is 14.9 Å². The molecule has 2 heterocycles. The highest BCUT2D eigenvalue weighted by molar-refractivity contribution is 7.91. The maximum absolute atomic E-state index is 11.8. The number of hydrogen-bond acceptors (Lipinski definition) is 3. The minimum Gasteiger partial charge on any atom is -0.357 e. The van der Waals surface area contributed by atoms with Gasteiger partial charge in [0.05, 0.1) is 23.6 Å². The van der Waals surface area contributed by atoms with Crippen LogP contribution in [0.1, 0.15) is 25.7 Å². The van der Waals surface area contributed by atoms with Crippen LogP contribution in [0.25, 0.3) is 0 Å². The van der Waals surface area contributed by atoms with Crippen molar-refractivity contribution in [3.05, 3.63) is 0 Å². The largest absolute Gasteiger partial charge is 0.357 e. The molecular formula is C12H18N2O2S2. The molecule has 4 rings (SSSR count). The summed E-state index contributed by atoms with van der Waals surface area (Å²) in [4.78, 5) is 2.26. The Balaban J connectivity index is 1.62. The predicted molar refractivity (Wildman–Crippen MR) is 73.0 cm³/mol. The second-order valence-corrected chi connectivity index (χ2v) is 8.89. The van der Waals surface area contributed by atoms with E-state index in [1.54, 1.807) is 0 Å². The SMILES string of the molecule is O=S1(=O)C[C@H]2NC(=S)N([C@@H]3C[C@H]4CC[C@H]3C4)[C@H]2C1. The number of nitrogens with zero attached hydrogens (tertiary/aromatic N) is 1. The minimum absolute atomic E-state index is 0.0432. The Kier molecular flexibility index (Phi) is 2.29. The van der Waals surface area contributed by atoms with Gasteiger partial charge in [-0.25, -0.2) is 8.42 Å². The lowest BCUT2D eigenvalue weighted by Gasteiger charge is -2.35. The van der Waals surface area contributed by atoms with Crippen molar-refractivity contribution in [2.45, 2.75) is 43.8 Å². The van der Waals surface area contributed by atoms with Gasteiger partial charge in [0.25, 0.3) is 0 Å². The first-order valence-electron chi connectivity index (χ1n) is 6.83. The van der Waals surface area contributed by atoms with E-state index in [-0.39, 0.29) is 17.8 Å². The Hall–Kier alpha value is -0.360. The Morgan fingerprint density at radius 2 is 2.00 bits per heavy atom. The van der Waals surface area contributed by atoms with Crippen LogP contribution in [0.5, 0.6) is 0 Å². The molecule has 4 fully saturated rings. The van der Waals surface area contributed by atoms with Gasteiger partial charge in [-0.3, -0.25) is 0 Å². The quantitative estimate of drug-likeness (QED) is 0.713. The van der Waals surface area contributed by atoms with Crippen LogP contribution >= 0.6 is 12.2 Å². The first-order valence-corrected chi connectivity index (χ1v) is 9.06. The van der Waals surface area contributed by atoms with Crippen molar-refractivity contribution in [2.75, 3.05) is 11.5 Å². The van der Waals surface area contributed by atoms with E-state index in [1.165, 1.54) is 25.7 Å². The van der Waals surface area contributed by atoms with E-state index in [0.717, 1.165) is 16.9 Å². The molecule has 4 nitrogen and oxygen atoms in total. The number of hydrogen-bond donors (Lipinski definition) is 1. The summed E-state index contributed by atoms with van der Waals surface area (Å²) in [6.45, 7) is 0. The summed E-state index contributed by atoms with van der Waals surface area (Å²) in [5.74, 6) is 2.16. The monoisotopic (exact) mass is 286 g/mol. The third-order valence-electron chi connectivity index (χ3n) is 5.28. The summed E-state index contributed by atoms with van der Waals surface area (Å²) in [5.41, 5.74) is 0. The van der Waals surface area contributed by atoms with Crippen LogP contribution in [-0.4, -0.2) is 48.1 Å². The number of rotatable bonds is 1. The van der Waals surface area contributed by atoms with Crippen LogP contribution in [0, 0.1) is 11.8 Å². The molecule has 0 spiro atoms. The average Bonchev–Trinajstić information content (AvgIpc) is 2.96. The zero-order chi connectivity index (χ0) is 12.5. The molecule has 0 radical (unpaired) electrons. The Labute approximate surface area is 113 Å². The van der Waals surface area contributed by atoms with E-state index in [1.807, 2.05) is 0 Å². The fourth-order valence-corrected chi connectivity index (χ4v) is 6.90. The van der Waals surface area contributed by atoms with Crippen molar-refractivity contribution in [3.63, 3.8) is 0 Å². The lowest BCUT2D eigenvalue weighted by Crippen LogP contribution is -2.46. The summed E-state index contributed by atoms with van der Waals surface area (Å²) in [6, 6.07) is 0.653. The standard InChI is InChI=1S/C12H18N2O2S2/c15-18(16)5-9-11(6-18)14(12(17)13-9)10-4-7-1-2-8(10)3-7/h7-11H,1-6H2,(H,13,17)/t7-,8-,9+,10+,11-/m0/s1. The van der Waals surface area contributed by atoms with Crippen LogP contribution in [0.4, 0.5) is 0 Å². The van der Waals surface area contributed by atoms with Crippen LogP contribution < -0.4 is 5.32 Å². The van der Waals surface area contributed by atoms with Gasteiger partial charge in [-0.05, 0) is 43.3 Å². The normalized spacial score (nSPS) is 48.6. The smallest absolute Gasteiger partial charge is 0.169 e. The zero-order valence-electron chi connectivity index (χ0n) is 10.2. The van der Waals surface area contributed by atoms with Gasteiger partial charge in [-0.1, -0.05) is 6.42 Å². The number of fused-ring (bicyclic) bond motifs is 3. The van der Waals surface area contributed by atoms with E-state index >= 15 is 0 Å². The molecule has 1 N–H and O–H groups in total. The highest BCUT2D eigenvalue weighted by atomic mass is 32.2. The molecule has 2 saturated heterocycles. The lowest BCUT2D eigenvalue weighted by atomic mass is 9.93. The molecule has 5 atom stereocenters. The first-order chi connectivity index (χ1) is 8.53. The van der Waals surface area contributed by atoms with Crippen LogP contribution in [-0.2, 0) is 9.84 Å². The predicted octanol–water partition coefficient (Wildman–Crippen LogP) is 0.531. The summed E-state index contributed by atoms with van der Waals surface area (Å²) in [7, 11) is -2.87. The maximum Gasteiger partial charge on any atom is 0.169 e. The van der Waals surface area contributed by atoms with Gasteiger partial charge >= 0.3 is 0 Å². The van der Waals surface area contributed by atoms with Crippen molar-refractivity contribution in [2.24, 2.45) is 11.8 Å². The van der Waals surface area contributed by atoms with Gasteiger partial charge < -0.3 is 10.2 Å². The first kappa shape index (κ1) is 11.5. The van der Waals surface area contributed by atoms with Gasteiger partial charge in [0, 0.05) is 6.04 Å². The molecule has 0 unspecified atom stereocenters. The van der Waals surface area contributed by atoms with E-state index in [2.05, 4.69) is 10.2 Å². The third kappa shape index (κ3) is 1.54. The molecule has 2 aliphatic carbocycles. The molecule has 6 heteroatoms. The van der Waals surface area contributed by atoms with E-state index in [4.69, 9.17) is 12.2 Å². The second-order valence-electron chi connectivity index (χ2n) is 6.35. The molecule has 0 aromatic carbocycles. The van der Waals surface area contributed by atoms with Gasteiger partial charge in [-0.15, -0.1) is 0 Å². The van der Waals surface area contributed by atoms with Crippen molar-refractivity contribution >= 4 is 27.2 Å². The minimum atomic E-state index is -2.87. The topological polar surface area (TPSA) is 49.4 Å². The van der Waals surface area contributed by atoms with Crippen molar-refractivity contribution in [3.8, 4) is 0 Å². The molecule has 2 saturated carbocycles. The van der Waals surface area contributed by atoms with Crippen LogP contribution in [0.15, 0.2) is 0 Å². The van der Waals surface area contributed by atoms with Crippen molar-refractivity contribution in [1.29, 1.82) is 0 Å². The summed E-state index contributed by atoms with van der Waals surface area (Å²) in [5, 5.41) is 4.04. The van der Waals surface area contributed by atoms with Gasteiger partial charge in [-0.2, -0.15) is 0 Å². The molecule has 100 valence electrons. The fourth-order valence-electron chi connectivity index (χ4n) is 4.57. The Morgan fingerprint density at radius 1 is 1.17 bits per heavy atom. The lowest BCUT2D eigenvalue weighted by molar-refractivity contribution is 0.200. The molecule has 18 heavy (non-hydrogen) atoms. The molecule has 0 aromatic rings.